The van der Waals surface area contributed by atoms with Crippen molar-refractivity contribution < 1.29 is 14.4 Å². The highest BCUT2D eigenvalue weighted by Gasteiger charge is 2.10. The highest BCUT2D eigenvalue weighted by molar-refractivity contribution is 7.58. The van der Waals surface area contributed by atoms with Gasteiger partial charge in [-0.3, -0.25) is 0 Å². The SMILES string of the molecule is C=C(C=[P+]([O-])c1ccccc1)C(=O)OCC. The topological polar surface area (TPSA) is 49.4 Å². The van der Waals surface area contributed by atoms with Crippen molar-refractivity contribution in [2.24, 2.45) is 0 Å². The van der Waals surface area contributed by atoms with Gasteiger partial charge in [0.05, 0.1) is 20.0 Å². The van der Waals surface area contributed by atoms with Crippen LogP contribution in [0.2, 0.25) is 0 Å². The van der Waals surface area contributed by atoms with Gasteiger partial charge >= 0.3 is 5.97 Å². The van der Waals surface area contributed by atoms with Gasteiger partial charge in [0.25, 0.3) is 0 Å². The first kappa shape index (κ1) is 12.6. The van der Waals surface area contributed by atoms with Gasteiger partial charge in [-0.25, -0.2) is 4.79 Å². The zero-order chi connectivity index (χ0) is 12.0. The molecule has 0 fully saturated rings. The summed E-state index contributed by atoms with van der Waals surface area (Å²) in [5.41, 5.74) is 0.131. The van der Waals surface area contributed by atoms with E-state index in [2.05, 4.69) is 6.58 Å². The van der Waals surface area contributed by atoms with Crippen molar-refractivity contribution in [2.45, 2.75) is 6.92 Å². The molecule has 0 saturated carbocycles. The average molecular weight is 236 g/mol. The zero-order valence-corrected chi connectivity index (χ0v) is 9.94. The minimum absolute atomic E-state index is 0.131. The van der Waals surface area contributed by atoms with Crippen LogP contribution in [0, 0.1) is 0 Å². The maximum Gasteiger partial charge on any atom is 0.341 e. The van der Waals surface area contributed by atoms with Crippen molar-refractivity contribution in [1.82, 2.24) is 0 Å². The monoisotopic (exact) mass is 236 g/mol. The Morgan fingerprint density at radius 1 is 1.50 bits per heavy atom. The van der Waals surface area contributed by atoms with Crippen LogP contribution in [0.3, 0.4) is 0 Å². The molecule has 1 aromatic carbocycles. The number of carbonyl (C=O) groups is 1. The van der Waals surface area contributed by atoms with Crippen molar-refractivity contribution in [1.29, 1.82) is 0 Å². The van der Waals surface area contributed by atoms with E-state index in [-0.39, 0.29) is 12.2 Å². The fourth-order valence-electron chi connectivity index (χ4n) is 1.07. The van der Waals surface area contributed by atoms with Gasteiger partial charge in [-0.05, 0) is 19.1 Å². The second-order valence-electron chi connectivity index (χ2n) is 3.04. The van der Waals surface area contributed by atoms with E-state index in [0.29, 0.717) is 5.30 Å². The number of hydrogen-bond donors (Lipinski definition) is 0. The van der Waals surface area contributed by atoms with Crippen molar-refractivity contribution >= 4 is 24.8 Å². The van der Waals surface area contributed by atoms with E-state index in [4.69, 9.17) is 4.74 Å². The first-order valence-corrected chi connectivity index (χ1v) is 6.20. The molecule has 3 nitrogen and oxygen atoms in total. The molecular formula is C12H13O3P. The maximum atomic E-state index is 11.8. The fraction of sp³-hybridized carbons (Fsp3) is 0.167. The lowest BCUT2D eigenvalue weighted by Crippen LogP contribution is -2.11. The van der Waals surface area contributed by atoms with Crippen LogP contribution in [-0.2, 0) is 9.53 Å². The third kappa shape index (κ3) is 3.61. The molecule has 0 aliphatic carbocycles. The molecule has 0 aliphatic rings. The predicted octanol–water partition coefficient (Wildman–Crippen LogP) is 0.991. The molecule has 0 saturated heterocycles. The van der Waals surface area contributed by atoms with Crippen molar-refractivity contribution in [3.63, 3.8) is 0 Å². The predicted molar refractivity (Wildman–Crippen MR) is 64.8 cm³/mol. The molecule has 0 aliphatic heterocycles. The van der Waals surface area contributed by atoms with Crippen LogP contribution in [0.15, 0.2) is 42.5 Å². The summed E-state index contributed by atoms with van der Waals surface area (Å²) >= 11 is 0. The minimum atomic E-state index is -1.73. The van der Waals surface area contributed by atoms with E-state index >= 15 is 0 Å². The van der Waals surface area contributed by atoms with Gasteiger partial charge in [0.2, 0.25) is 0 Å². The van der Waals surface area contributed by atoms with E-state index in [1.54, 1.807) is 31.2 Å². The van der Waals surface area contributed by atoms with Crippen molar-refractivity contribution in [2.75, 3.05) is 6.61 Å². The Morgan fingerprint density at radius 2 is 2.12 bits per heavy atom. The van der Waals surface area contributed by atoms with E-state index in [0.717, 1.165) is 0 Å². The fourth-order valence-corrected chi connectivity index (χ4v) is 2.07. The van der Waals surface area contributed by atoms with Crippen LogP contribution in [0.1, 0.15) is 6.92 Å². The summed E-state index contributed by atoms with van der Waals surface area (Å²) < 4.78 is 4.74. The molecule has 1 atom stereocenters. The Morgan fingerprint density at radius 3 is 2.69 bits per heavy atom. The minimum Gasteiger partial charge on any atom is -0.626 e. The molecule has 0 radical (unpaired) electrons. The number of ether oxygens (including phenoxy) is 1. The molecule has 0 bridgehead atoms. The van der Waals surface area contributed by atoms with Crippen LogP contribution >= 0.6 is 7.77 Å². The van der Waals surface area contributed by atoms with Gasteiger partial charge in [-0.2, -0.15) is 0 Å². The van der Waals surface area contributed by atoms with E-state index in [9.17, 15) is 9.69 Å². The van der Waals surface area contributed by atoms with Crippen LogP contribution in [0.5, 0.6) is 0 Å². The summed E-state index contributed by atoms with van der Waals surface area (Å²) in [5.74, 6) is 0.810. The van der Waals surface area contributed by atoms with Crippen LogP contribution in [-0.4, -0.2) is 18.4 Å². The standard InChI is InChI=1S/C12H13O3P/c1-3-15-12(13)10(2)9-16(14)11-7-5-4-6-8-11/h4-9H,2-3H2,1H3. The first-order chi connectivity index (χ1) is 7.65. The molecule has 0 N–H and O–H groups in total. The molecule has 0 amide bonds. The molecule has 16 heavy (non-hydrogen) atoms. The van der Waals surface area contributed by atoms with Gasteiger partial charge in [-0.15, -0.1) is 0 Å². The first-order valence-electron chi connectivity index (χ1n) is 4.87. The van der Waals surface area contributed by atoms with Crippen molar-refractivity contribution in [3.05, 3.63) is 42.5 Å². The van der Waals surface area contributed by atoms with E-state index in [1.807, 2.05) is 6.07 Å². The van der Waals surface area contributed by atoms with Gasteiger partial charge in [0, 0.05) is 0 Å². The zero-order valence-electron chi connectivity index (χ0n) is 9.05. The Balaban J connectivity index is 2.78. The highest BCUT2D eigenvalue weighted by atomic mass is 31.1. The quantitative estimate of drug-likeness (QED) is 0.445. The van der Waals surface area contributed by atoms with Gasteiger partial charge in [0.15, 0.2) is 0 Å². The third-order valence-electron chi connectivity index (χ3n) is 1.82. The molecule has 1 aromatic rings. The second kappa shape index (κ2) is 6.21. The number of rotatable bonds is 4. The van der Waals surface area contributed by atoms with Crippen LogP contribution < -0.4 is 10.2 Å². The molecule has 0 aromatic heterocycles. The summed E-state index contributed by atoms with van der Waals surface area (Å²) in [6, 6.07) is 8.92. The maximum absolute atomic E-state index is 11.8. The summed E-state index contributed by atoms with van der Waals surface area (Å²) in [7, 11) is -1.73. The van der Waals surface area contributed by atoms with Crippen LogP contribution in [0.4, 0.5) is 0 Å². The third-order valence-corrected chi connectivity index (χ3v) is 3.17. The Hall–Kier alpha value is -1.44. The number of benzene rings is 1. The van der Waals surface area contributed by atoms with Gasteiger partial charge < -0.3 is 9.63 Å². The lowest BCUT2D eigenvalue weighted by Gasteiger charge is -2.00. The normalized spacial score (nSPS) is 11.0. The molecule has 0 spiro atoms. The smallest absolute Gasteiger partial charge is 0.341 e. The summed E-state index contributed by atoms with van der Waals surface area (Å²) in [4.78, 5) is 23.0. The van der Waals surface area contributed by atoms with Crippen LogP contribution in [0.25, 0.3) is 0 Å². The molecule has 1 rings (SSSR count). The van der Waals surface area contributed by atoms with E-state index < -0.39 is 13.7 Å². The molecular weight excluding hydrogens is 223 g/mol. The summed E-state index contributed by atoms with van der Waals surface area (Å²) in [5, 5.41) is 0.669. The molecule has 4 heteroatoms. The van der Waals surface area contributed by atoms with Crippen molar-refractivity contribution in [3.8, 4) is 0 Å². The lowest BCUT2D eigenvalue weighted by molar-refractivity contribution is -0.149. The van der Waals surface area contributed by atoms with E-state index in [1.165, 1.54) is 5.80 Å². The Kier molecular flexibility index (Phi) is 4.90. The Bertz CT molecular complexity index is 410. The summed E-state index contributed by atoms with van der Waals surface area (Å²) in [6.45, 7) is 5.52. The molecule has 0 heterocycles. The van der Waals surface area contributed by atoms with Gasteiger partial charge in [0.1, 0.15) is 11.1 Å². The van der Waals surface area contributed by atoms with Gasteiger partial charge in [-0.1, -0.05) is 24.8 Å². The number of carbonyl (C=O) groups excluding carboxylic acids is 1. The Labute approximate surface area is 95.8 Å². The molecule has 84 valence electrons. The lowest BCUT2D eigenvalue weighted by atomic mass is 10.4. The molecule has 1 unspecified atom stereocenters. The average Bonchev–Trinajstić information content (AvgIpc) is 2.30. The summed E-state index contributed by atoms with van der Waals surface area (Å²) in [6.07, 6.45) is 0. The highest BCUT2D eigenvalue weighted by Crippen LogP contribution is 2.11. The largest absolute Gasteiger partial charge is 0.626 e. The second-order valence-corrected chi connectivity index (χ2v) is 4.46. The number of esters is 1. The number of hydrogen-bond acceptors (Lipinski definition) is 3.